The van der Waals surface area contributed by atoms with Gasteiger partial charge < -0.3 is 13.9 Å². The van der Waals surface area contributed by atoms with E-state index in [0.717, 1.165) is 25.2 Å². The first-order valence-electron chi connectivity index (χ1n) is 16.1. The number of hydrogen-bond donors (Lipinski definition) is 0. The van der Waals surface area contributed by atoms with E-state index in [0.29, 0.717) is 40.6 Å². The minimum Gasteiger partial charge on any atom is -0.545 e. The van der Waals surface area contributed by atoms with Gasteiger partial charge in [0.25, 0.3) is 8.32 Å². The molecule has 0 saturated carbocycles. The van der Waals surface area contributed by atoms with Crippen molar-refractivity contribution in [1.29, 1.82) is 0 Å². The van der Waals surface area contributed by atoms with Crippen LogP contribution in [-0.4, -0.2) is 30.1 Å². The van der Waals surface area contributed by atoms with E-state index in [1.807, 2.05) is 12.1 Å². The third kappa shape index (κ3) is 6.90. The quantitative estimate of drug-likeness (QED) is 0.169. The lowest BCUT2D eigenvalue weighted by molar-refractivity contribution is 0.111. The zero-order valence-electron chi connectivity index (χ0n) is 27.5. The molecule has 0 unspecified atom stereocenters. The van der Waals surface area contributed by atoms with Crippen LogP contribution in [0.1, 0.15) is 59.9 Å². The van der Waals surface area contributed by atoms with E-state index >= 15 is 0 Å². The molecule has 42 heavy (non-hydrogen) atoms. The average Bonchev–Trinajstić information content (AvgIpc) is 3.37. The zero-order valence-corrected chi connectivity index (χ0v) is 29.5. The van der Waals surface area contributed by atoms with Gasteiger partial charge in [-0.05, 0) is 70.3 Å². The summed E-state index contributed by atoms with van der Waals surface area (Å²) in [6, 6.07) is 19.5. The molecule has 2 aliphatic carbocycles. The fourth-order valence-electron chi connectivity index (χ4n) is 7.67. The summed E-state index contributed by atoms with van der Waals surface area (Å²) in [7, 11) is -2.34. The van der Waals surface area contributed by atoms with Crippen LogP contribution in [0.5, 0.6) is 5.75 Å². The molecule has 3 atom stereocenters. The summed E-state index contributed by atoms with van der Waals surface area (Å²) >= 11 is 0. The molecule has 0 heterocycles. The first-order valence-corrected chi connectivity index (χ1v) is 21.3. The highest BCUT2D eigenvalue weighted by Gasteiger charge is 2.49. The molecule has 3 nitrogen and oxygen atoms in total. The molecule has 0 bridgehead atoms. The van der Waals surface area contributed by atoms with Crippen LogP contribution >= 0.6 is 0 Å². The lowest BCUT2D eigenvalue weighted by Crippen LogP contribution is -2.49. The maximum atomic E-state index is 7.57. The Morgan fingerprint density at radius 3 is 2.07 bits per heavy atom. The van der Waals surface area contributed by atoms with Gasteiger partial charge in [-0.15, -0.1) is 0 Å². The van der Waals surface area contributed by atoms with Gasteiger partial charge in [0.05, 0.1) is 27.5 Å². The molecule has 2 aromatic rings. The van der Waals surface area contributed by atoms with Crippen molar-refractivity contribution in [3.63, 3.8) is 0 Å². The van der Waals surface area contributed by atoms with Crippen molar-refractivity contribution in [2.75, 3.05) is 13.7 Å². The van der Waals surface area contributed by atoms with Crippen LogP contribution in [0.15, 0.2) is 90.2 Å². The van der Waals surface area contributed by atoms with Crippen molar-refractivity contribution in [3.8, 4) is 5.75 Å². The predicted octanol–water partition coefficient (Wildman–Crippen LogP) is 9.80. The van der Waals surface area contributed by atoms with Gasteiger partial charge in [0.1, 0.15) is 5.75 Å². The minimum absolute atomic E-state index is 0.335. The Balaban J connectivity index is 1.69. The first kappa shape index (κ1) is 32.6. The molecule has 4 rings (SSSR count). The fourth-order valence-corrected chi connectivity index (χ4v) is 16.3. The summed E-state index contributed by atoms with van der Waals surface area (Å²) in [6.07, 6.45) is 12.0. The van der Waals surface area contributed by atoms with E-state index in [4.69, 9.17) is 13.9 Å². The SMILES string of the molecule is COc1ccc(COCC[C@H]2C=C3C=CC[C@H]3C(O[Si](C(C)C)(C(C)C)C(C)C)=C[C@H]2[Si](C)(C)c2ccccc2)cc1. The molecule has 5 heteroatoms. The second-order valence-corrected chi connectivity index (χ2v) is 23.9. The third-order valence-corrected chi connectivity index (χ3v) is 20.1. The summed E-state index contributed by atoms with van der Waals surface area (Å²) in [5.41, 5.74) is 4.68. The van der Waals surface area contributed by atoms with Crippen molar-refractivity contribution in [1.82, 2.24) is 0 Å². The molecule has 0 spiro atoms. The lowest BCUT2D eigenvalue weighted by Gasteiger charge is -2.44. The highest BCUT2D eigenvalue weighted by Crippen LogP contribution is 2.49. The second-order valence-electron chi connectivity index (χ2n) is 13.8. The van der Waals surface area contributed by atoms with E-state index in [1.54, 1.807) is 7.11 Å². The first-order chi connectivity index (χ1) is 20.0. The molecule has 0 aliphatic heterocycles. The van der Waals surface area contributed by atoms with Crippen molar-refractivity contribution in [2.24, 2.45) is 11.8 Å². The summed E-state index contributed by atoms with van der Waals surface area (Å²) in [5.74, 6) is 2.87. The fraction of sp³-hybridized carbons (Fsp3) is 0.514. The van der Waals surface area contributed by atoms with Crippen LogP contribution in [0.3, 0.4) is 0 Å². The molecule has 228 valence electrons. The van der Waals surface area contributed by atoms with Gasteiger partial charge in [0.15, 0.2) is 0 Å². The van der Waals surface area contributed by atoms with Gasteiger partial charge in [-0.25, -0.2) is 0 Å². The molecule has 0 amide bonds. The third-order valence-electron chi connectivity index (χ3n) is 10.0. The number of fused-ring (bicyclic) bond motifs is 1. The van der Waals surface area contributed by atoms with Crippen LogP contribution in [-0.2, 0) is 15.8 Å². The Morgan fingerprint density at radius 2 is 1.48 bits per heavy atom. The molecule has 2 aliphatic rings. The highest BCUT2D eigenvalue weighted by atomic mass is 28.4. The standard InChI is InChI=1S/C37H54O3Si2/c1-27(2)42(28(3)4,29(5)6)40-36-25-37(41(8,9)34-15-11-10-12-16-34)32(24-31-14-13-17-35(31)36)22-23-39-26-30-18-20-33(38-7)21-19-30/h10-16,18-21,24-25,27-29,32,35,37H,17,22-23,26H2,1-9H3/t32-,35+,37+/m0/s1. The summed E-state index contributed by atoms with van der Waals surface area (Å²) in [5, 5.41) is 1.51. The monoisotopic (exact) mass is 602 g/mol. The van der Waals surface area contributed by atoms with E-state index in [-0.39, 0.29) is 0 Å². The van der Waals surface area contributed by atoms with E-state index < -0.39 is 16.4 Å². The zero-order chi connectivity index (χ0) is 30.5. The van der Waals surface area contributed by atoms with Crippen molar-refractivity contribution in [2.45, 2.75) is 96.2 Å². The highest BCUT2D eigenvalue weighted by molar-refractivity contribution is 6.91. The lowest BCUT2D eigenvalue weighted by atomic mass is 9.97. The topological polar surface area (TPSA) is 27.7 Å². The minimum atomic E-state index is -2.10. The number of ether oxygens (including phenoxy) is 2. The van der Waals surface area contributed by atoms with Gasteiger partial charge in [0.2, 0.25) is 0 Å². The van der Waals surface area contributed by atoms with E-state index in [1.165, 1.54) is 22.1 Å². The average molecular weight is 603 g/mol. The second kappa shape index (κ2) is 14.0. The smallest absolute Gasteiger partial charge is 0.258 e. The summed E-state index contributed by atoms with van der Waals surface area (Å²) < 4.78 is 19.2. The maximum Gasteiger partial charge on any atom is 0.258 e. The van der Waals surface area contributed by atoms with Crippen molar-refractivity contribution < 1.29 is 13.9 Å². The molecule has 0 aromatic heterocycles. The van der Waals surface area contributed by atoms with Gasteiger partial charge in [0, 0.05) is 12.5 Å². The Hall–Kier alpha value is -2.35. The van der Waals surface area contributed by atoms with Gasteiger partial charge in [-0.2, -0.15) is 0 Å². The van der Waals surface area contributed by atoms with Gasteiger partial charge in [-0.3, -0.25) is 0 Å². The Kier molecular flexibility index (Phi) is 10.8. The maximum absolute atomic E-state index is 7.57. The van der Waals surface area contributed by atoms with E-state index in [2.05, 4.69) is 121 Å². The van der Waals surface area contributed by atoms with E-state index in [9.17, 15) is 0 Å². The molecule has 2 aromatic carbocycles. The molecule has 0 N–H and O–H groups in total. The van der Waals surface area contributed by atoms with Crippen LogP contribution in [0, 0.1) is 11.8 Å². The molecular weight excluding hydrogens is 549 g/mol. The Morgan fingerprint density at radius 1 is 0.833 bits per heavy atom. The van der Waals surface area contributed by atoms with Crippen LogP contribution in [0.4, 0.5) is 0 Å². The largest absolute Gasteiger partial charge is 0.545 e. The number of allylic oxidation sites excluding steroid dienone is 5. The Bertz CT molecular complexity index is 1220. The Labute approximate surface area is 258 Å². The molecule has 0 saturated heterocycles. The van der Waals surface area contributed by atoms with Crippen LogP contribution in [0.2, 0.25) is 35.3 Å². The van der Waals surface area contributed by atoms with Gasteiger partial charge >= 0.3 is 0 Å². The molecule has 0 fully saturated rings. The number of methoxy groups -OCH3 is 1. The number of rotatable bonds is 13. The van der Waals surface area contributed by atoms with Crippen molar-refractivity contribution in [3.05, 3.63) is 95.8 Å². The predicted molar refractivity (Wildman–Crippen MR) is 184 cm³/mol. The molecular formula is C37H54O3Si2. The number of hydrogen-bond acceptors (Lipinski definition) is 3. The van der Waals surface area contributed by atoms with Gasteiger partial charge in [-0.1, -0.05) is 121 Å². The summed E-state index contributed by atoms with van der Waals surface area (Å²) in [6.45, 7) is 20.9. The van der Waals surface area contributed by atoms with Crippen LogP contribution in [0.25, 0.3) is 0 Å². The van der Waals surface area contributed by atoms with Crippen LogP contribution < -0.4 is 9.92 Å². The van der Waals surface area contributed by atoms with Crippen molar-refractivity contribution >= 4 is 21.6 Å². The summed E-state index contributed by atoms with van der Waals surface area (Å²) in [4.78, 5) is 0. The normalized spacial score (nSPS) is 20.9. The molecule has 0 radical (unpaired) electrons. The number of benzene rings is 2.